The summed E-state index contributed by atoms with van der Waals surface area (Å²) < 4.78 is 109. The van der Waals surface area contributed by atoms with Crippen LogP contribution in [0.3, 0.4) is 0 Å². The standard InChI is InChI=1S/C92H144O41/c1-14-87(9,114)26-18-16-20-54(97)127-72-56(99)41(3)122-82(75(72)128-55(98)21-17-19-27-88(10,115)15-2)121-40-50-61(104)63(106)74(132-79-68(111)64(107)70(42(4)123-79)129-78-69(112)71(48(96)38-118-78)130-76-65(108)57(100)45(93)35-116-76)83(125-50)133-84(113)92-32-30-85(5,6)34-44(92)43-22-23-52-89(11)28-25-53(86(7,8)51(89)24-29-91(52,13)90(43,12)31-33-92)126-80-67(110)62(105)60(103)49(124-80)39-120-81-73(59(102)47(95)37-119-81)131-77-66(109)58(101)46(94)36-117-77/h14-17,20-22,41-42,44-53,56-83,93-96,99-112,114-115H,1-2,18-19,23-40H2,3-13H3/b20-16-,21-17-/t41-,42-,44-,45+,46-,47+,48+,49+,50-,51?,52?,53-,56-,57-,58+,59+,60+,61-,62-,63+,64-,65+,66-,67+,68+,69+,70-,71-,72+,73-,74-,75+,76-,77+,78-,79-,80-,81+,82+,83+,87-,88-,89-,90+,91+,92-/m0/s1. The Bertz CT molecular complexity index is 4020. The van der Waals surface area contributed by atoms with Gasteiger partial charge < -0.3 is 187 Å². The number of hydrogen-bond donors (Lipinski definition) is 20. The van der Waals surface area contributed by atoms with Crippen molar-refractivity contribution in [3.63, 3.8) is 0 Å². The molecule has 0 aromatic carbocycles. The van der Waals surface area contributed by atoms with E-state index in [9.17, 15) is 112 Å². The van der Waals surface area contributed by atoms with E-state index in [1.54, 1.807) is 0 Å². The summed E-state index contributed by atoms with van der Waals surface area (Å²) in [5.41, 5.74) is -5.15. The average molecular weight is 1910 g/mol. The van der Waals surface area contributed by atoms with E-state index in [1.165, 1.54) is 52.0 Å². The molecule has 20 N–H and O–H groups in total. The second-order valence-corrected chi connectivity index (χ2v) is 41.6. The minimum Gasteiger partial charge on any atom is -0.452 e. The third-order valence-electron chi connectivity index (χ3n) is 31.7. The first-order valence-electron chi connectivity index (χ1n) is 46.6. The summed E-state index contributed by atoms with van der Waals surface area (Å²) in [6.07, 6.45) is -46.9. The number of fused-ring (bicyclic) bond motifs is 7. The number of esters is 3. The minimum atomic E-state index is -2.18. The van der Waals surface area contributed by atoms with Crippen molar-refractivity contribution < 1.29 is 202 Å². The number of allylic oxidation sites excluding steroid dienone is 4. The van der Waals surface area contributed by atoms with Crippen molar-refractivity contribution in [2.45, 2.75) is 405 Å². The largest absolute Gasteiger partial charge is 0.452 e. The predicted molar refractivity (Wildman–Crippen MR) is 453 cm³/mol. The molecule has 8 aliphatic heterocycles. The summed E-state index contributed by atoms with van der Waals surface area (Å²) in [5.74, 6) is -3.29. The Morgan fingerprint density at radius 2 is 0.902 bits per heavy atom. The molecule has 0 amide bonds. The summed E-state index contributed by atoms with van der Waals surface area (Å²) >= 11 is 0. The first kappa shape index (κ1) is 106. The lowest BCUT2D eigenvalue weighted by Gasteiger charge is -2.71. The molecule has 13 rings (SSSR count). The lowest BCUT2D eigenvalue weighted by Crippen LogP contribution is -2.67. The summed E-state index contributed by atoms with van der Waals surface area (Å²) in [4.78, 5) is 44.0. The van der Waals surface area contributed by atoms with Crippen LogP contribution in [0, 0.1) is 50.2 Å². The fourth-order valence-corrected chi connectivity index (χ4v) is 22.9. The molecule has 46 atom stereocenters. The molecule has 0 bridgehead atoms. The Morgan fingerprint density at radius 1 is 0.436 bits per heavy atom. The van der Waals surface area contributed by atoms with E-state index in [2.05, 4.69) is 67.7 Å². The fraction of sp³-hybridized carbons (Fsp3) is 0.859. The maximum atomic E-state index is 16.5. The van der Waals surface area contributed by atoms with Crippen molar-refractivity contribution >= 4 is 17.9 Å². The van der Waals surface area contributed by atoms with E-state index in [4.69, 9.17) is 85.3 Å². The van der Waals surface area contributed by atoms with Gasteiger partial charge in [0.25, 0.3) is 0 Å². The van der Waals surface area contributed by atoms with Gasteiger partial charge in [0.2, 0.25) is 6.29 Å². The Hall–Kier alpha value is -4.29. The molecule has 0 aromatic heterocycles. The predicted octanol–water partition coefficient (Wildman–Crippen LogP) is -2.48. The third kappa shape index (κ3) is 21.7. The molecular formula is C92H144O41. The highest BCUT2D eigenvalue weighted by Crippen LogP contribution is 2.76. The van der Waals surface area contributed by atoms with E-state index in [1.807, 2.05) is 0 Å². The zero-order valence-corrected chi connectivity index (χ0v) is 77.2. The normalized spacial score (nSPS) is 48.6. The van der Waals surface area contributed by atoms with Gasteiger partial charge in [-0.2, -0.15) is 0 Å². The molecule has 41 heteroatoms. The SMILES string of the molecule is C=C[C@](C)(O)CC/C=C\C(=O)O[C@@H]1[C@@H](O)[C@H](C)O[C@@H](OC[C@@H]2O[C@H](OC(=O)[C@]34CCC(C)(C)C[C@H]3C3=CCC5[C@@]6(C)CC[C@H](O[C@@H]7O[C@H](CO[C@H]8OC[C@@H](O)[C@@H](O)[C@@H]8O[C@H]8OC[C@H](O)[C@@H](O)[C@@H]8O)[C@@H](O)[C@H](O)[C@H]7O)C(C)(C)C6CC[C@@]5(C)[C@]3(C)CC4)[C@@H](O[C@@H]3O[C@@H](C)[C@H](O[C@@H]4OC[C@@H](O)[C@H](O[C@@H]5OC[C@@H](O)[C@H](O)[C@H]5O)[C@H]4O)[C@@H](O)[C@H]3O)[C@H](O)[C@H]2O)[C@@H]1OC(=O)/C=C\CC[C@@](C)(O)C=C. The topological polar surface area (TPSA) is 622 Å². The average Bonchev–Trinajstić information content (AvgIpc) is 0.672. The summed E-state index contributed by atoms with van der Waals surface area (Å²) in [7, 11) is 0. The number of aliphatic hydroxyl groups is 20. The van der Waals surface area contributed by atoms with Gasteiger partial charge in [-0.15, -0.1) is 13.2 Å². The van der Waals surface area contributed by atoms with Gasteiger partial charge in [-0.25, -0.2) is 9.59 Å². The van der Waals surface area contributed by atoms with Gasteiger partial charge in [0.05, 0.1) is 74.6 Å². The van der Waals surface area contributed by atoms with Gasteiger partial charge in [0.15, 0.2) is 62.3 Å². The number of carbonyl (C=O) groups is 3. The molecule has 5 aliphatic carbocycles. The number of ether oxygens (including phenoxy) is 18. The molecule has 0 radical (unpaired) electrons. The van der Waals surface area contributed by atoms with Crippen LogP contribution in [0.1, 0.15) is 166 Å². The van der Waals surface area contributed by atoms with Gasteiger partial charge in [-0.1, -0.05) is 84.4 Å². The summed E-state index contributed by atoms with van der Waals surface area (Å²) in [6, 6.07) is 0. The van der Waals surface area contributed by atoms with Crippen molar-refractivity contribution in [1.82, 2.24) is 0 Å². The van der Waals surface area contributed by atoms with E-state index in [0.717, 1.165) is 24.1 Å². The van der Waals surface area contributed by atoms with Crippen LogP contribution in [0.2, 0.25) is 0 Å². The monoisotopic (exact) mass is 1900 g/mol. The molecule has 4 saturated carbocycles. The minimum absolute atomic E-state index is 0.0134. The lowest BCUT2D eigenvalue weighted by molar-refractivity contribution is -0.381. The number of rotatable bonds is 30. The number of aliphatic hydroxyl groups excluding tert-OH is 18. The van der Waals surface area contributed by atoms with Crippen molar-refractivity contribution in [3.05, 3.63) is 61.3 Å². The van der Waals surface area contributed by atoms with Crippen LogP contribution in [0.15, 0.2) is 61.3 Å². The van der Waals surface area contributed by atoms with Gasteiger partial charge in [0, 0.05) is 12.2 Å². The van der Waals surface area contributed by atoms with Gasteiger partial charge in [-0.05, 0) is 162 Å². The van der Waals surface area contributed by atoms with E-state index in [-0.39, 0.29) is 54.8 Å². The van der Waals surface area contributed by atoms with Crippen LogP contribution in [0.5, 0.6) is 0 Å². The van der Waals surface area contributed by atoms with E-state index in [0.29, 0.717) is 51.4 Å². The molecule has 12 fully saturated rings. The molecular weight excluding hydrogens is 1760 g/mol. The second-order valence-electron chi connectivity index (χ2n) is 41.6. The number of hydrogen-bond acceptors (Lipinski definition) is 41. The fourth-order valence-electron chi connectivity index (χ4n) is 22.9. The van der Waals surface area contributed by atoms with Gasteiger partial charge in [-0.3, -0.25) is 4.79 Å². The summed E-state index contributed by atoms with van der Waals surface area (Å²) in [5, 5.41) is 223. The van der Waals surface area contributed by atoms with Crippen LogP contribution in [0.25, 0.3) is 0 Å². The Labute approximate surface area is 772 Å². The van der Waals surface area contributed by atoms with Gasteiger partial charge in [0.1, 0.15) is 140 Å². The highest BCUT2D eigenvalue weighted by atomic mass is 16.8. The summed E-state index contributed by atoms with van der Waals surface area (Å²) in [6.45, 7) is 25.3. The van der Waals surface area contributed by atoms with Crippen LogP contribution in [0.4, 0.5) is 0 Å². The maximum Gasteiger partial charge on any atom is 0.331 e. The van der Waals surface area contributed by atoms with Crippen LogP contribution < -0.4 is 0 Å². The second kappa shape index (κ2) is 42.1. The highest BCUT2D eigenvalue weighted by molar-refractivity contribution is 5.83. The van der Waals surface area contributed by atoms with Crippen LogP contribution >= 0.6 is 0 Å². The maximum absolute atomic E-state index is 16.5. The van der Waals surface area contributed by atoms with Crippen molar-refractivity contribution in [3.8, 4) is 0 Å². The third-order valence-corrected chi connectivity index (χ3v) is 31.7. The smallest absolute Gasteiger partial charge is 0.331 e. The lowest BCUT2D eigenvalue weighted by atomic mass is 9.33. The molecule has 2 unspecified atom stereocenters. The molecule has 0 aromatic rings. The Morgan fingerprint density at radius 3 is 1.50 bits per heavy atom. The van der Waals surface area contributed by atoms with E-state index < -0.39 is 324 Å². The number of carbonyl (C=O) groups excluding carboxylic acids is 3. The Kier molecular flexibility index (Phi) is 33.6. The van der Waals surface area contributed by atoms with Crippen LogP contribution in [-0.2, 0) is 99.6 Å². The van der Waals surface area contributed by atoms with Crippen LogP contribution in [-0.4, -0.2) is 398 Å². The highest BCUT2D eigenvalue weighted by Gasteiger charge is 2.71. The van der Waals surface area contributed by atoms with Crippen molar-refractivity contribution in [1.29, 1.82) is 0 Å². The quantitative estimate of drug-likeness (QED) is 0.0116. The van der Waals surface area contributed by atoms with Gasteiger partial charge >= 0.3 is 17.9 Å². The van der Waals surface area contributed by atoms with Crippen molar-refractivity contribution in [2.75, 3.05) is 39.6 Å². The molecule has 758 valence electrons. The van der Waals surface area contributed by atoms with E-state index >= 15 is 4.79 Å². The molecule has 0 spiro atoms. The first-order chi connectivity index (χ1) is 62.4. The molecule has 8 saturated heterocycles. The van der Waals surface area contributed by atoms with Crippen molar-refractivity contribution in [2.24, 2.45) is 50.2 Å². The Balaban J connectivity index is 0.749. The zero-order chi connectivity index (χ0) is 97.2. The molecule has 41 nitrogen and oxygen atoms in total. The molecule has 13 aliphatic rings. The molecule has 8 heterocycles. The first-order valence-corrected chi connectivity index (χ1v) is 46.6. The zero-order valence-electron chi connectivity index (χ0n) is 77.2. The molecule has 133 heavy (non-hydrogen) atoms.